The molecule has 0 saturated heterocycles. The van der Waals surface area contributed by atoms with E-state index in [1.807, 2.05) is 0 Å². The SMILES string of the molecule is C[C@H](Cc1cc(C#N)cc(Cc2cnccn2)n1)c1ccc(F)cc1. The first-order valence-electron chi connectivity index (χ1n) is 8.04. The highest BCUT2D eigenvalue weighted by Crippen LogP contribution is 2.21. The maximum absolute atomic E-state index is 13.1. The third kappa shape index (κ3) is 4.45. The van der Waals surface area contributed by atoms with Gasteiger partial charge in [0.25, 0.3) is 0 Å². The van der Waals surface area contributed by atoms with Crippen LogP contribution in [0.5, 0.6) is 0 Å². The van der Waals surface area contributed by atoms with Crippen LogP contribution in [0, 0.1) is 17.1 Å². The number of pyridine rings is 1. The van der Waals surface area contributed by atoms with Crippen molar-refractivity contribution in [2.75, 3.05) is 0 Å². The standard InChI is InChI=1S/C20H17FN4/c1-14(16-2-4-17(21)5-3-16)8-18-9-15(12-22)10-19(25-18)11-20-13-23-6-7-24-20/h2-7,9-10,13-14H,8,11H2,1H3/t14-/m1/s1. The maximum Gasteiger partial charge on any atom is 0.123 e. The Balaban J connectivity index is 1.82. The fourth-order valence-corrected chi connectivity index (χ4v) is 2.74. The summed E-state index contributed by atoms with van der Waals surface area (Å²) < 4.78 is 13.1. The number of benzene rings is 1. The third-order valence-corrected chi connectivity index (χ3v) is 3.99. The summed E-state index contributed by atoms with van der Waals surface area (Å²) >= 11 is 0. The van der Waals surface area contributed by atoms with Gasteiger partial charge in [-0.1, -0.05) is 19.1 Å². The Labute approximate surface area is 146 Å². The summed E-state index contributed by atoms with van der Waals surface area (Å²) in [6.45, 7) is 2.07. The van der Waals surface area contributed by atoms with E-state index in [0.717, 1.165) is 22.6 Å². The van der Waals surface area contributed by atoms with Crippen LogP contribution in [0.15, 0.2) is 55.0 Å². The lowest BCUT2D eigenvalue weighted by atomic mass is 9.95. The van der Waals surface area contributed by atoms with Gasteiger partial charge < -0.3 is 0 Å². The summed E-state index contributed by atoms with van der Waals surface area (Å²) in [5.41, 5.74) is 4.06. The van der Waals surface area contributed by atoms with Gasteiger partial charge in [0, 0.05) is 36.4 Å². The zero-order valence-electron chi connectivity index (χ0n) is 13.9. The molecule has 4 nitrogen and oxygen atoms in total. The average molecular weight is 332 g/mol. The van der Waals surface area contributed by atoms with Gasteiger partial charge in [-0.2, -0.15) is 5.26 Å². The van der Waals surface area contributed by atoms with E-state index in [-0.39, 0.29) is 11.7 Å². The van der Waals surface area contributed by atoms with Crippen LogP contribution in [-0.4, -0.2) is 15.0 Å². The van der Waals surface area contributed by atoms with Gasteiger partial charge in [0.1, 0.15) is 5.82 Å². The molecule has 0 aliphatic rings. The third-order valence-electron chi connectivity index (χ3n) is 3.99. The topological polar surface area (TPSA) is 62.5 Å². The minimum atomic E-state index is -0.244. The molecule has 1 aromatic carbocycles. The Morgan fingerprint density at radius 2 is 1.84 bits per heavy atom. The van der Waals surface area contributed by atoms with Crippen LogP contribution in [0.4, 0.5) is 4.39 Å². The van der Waals surface area contributed by atoms with Gasteiger partial charge in [-0.15, -0.1) is 0 Å². The molecule has 124 valence electrons. The first-order chi connectivity index (χ1) is 12.1. The number of nitrogens with zero attached hydrogens (tertiary/aromatic N) is 4. The van der Waals surface area contributed by atoms with E-state index in [1.54, 1.807) is 42.9 Å². The predicted octanol–water partition coefficient (Wildman–Crippen LogP) is 3.82. The molecular weight excluding hydrogens is 315 g/mol. The first-order valence-corrected chi connectivity index (χ1v) is 8.04. The zero-order valence-corrected chi connectivity index (χ0v) is 13.9. The molecule has 3 aromatic rings. The molecule has 1 atom stereocenters. The van der Waals surface area contributed by atoms with E-state index in [0.29, 0.717) is 18.4 Å². The van der Waals surface area contributed by atoms with Crippen LogP contribution >= 0.6 is 0 Å². The lowest BCUT2D eigenvalue weighted by molar-refractivity contribution is 0.625. The van der Waals surface area contributed by atoms with Crippen molar-refractivity contribution < 1.29 is 4.39 Å². The van der Waals surface area contributed by atoms with Gasteiger partial charge in [0.2, 0.25) is 0 Å². The summed E-state index contributed by atoms with van der Waals surface area (Å²) in [5, 5.41) is 9.29. The smallest absolute Gasteiger partial charge is 0.123 e. The van der Waals surface area contributed by atoms with E-state index in [9.17, 15) is 9.65 Å². The number of rotatable bonds is 5. The molecule has 0 saturated carbocycles. The van der Waals surface area contributed by atoms with Crippen LogP contribution in [0.2, 0.25) is 0 Å². The number of hydrogen-bond acceptors (Lipinski definition) is 4. The summed E-state index contributed by atoms with van der Waals surface area (Å²) in [6.07, 6.45) is 6.16. The lowest BCUT2D eigenvalue weighted by Crippen LogP contribution is -2.04. The molecule has 3 rings (SSSR count). The van der Waals surface area contributed by atoms with Crippen LogP contribution in [0.3, 0.4) is 0 Å². The van der Waals surface area contributed by atoms with E-state index in [4.69, 9.17) is 0 Å². The van der Waals surface area contributed by atoms with Crippen LogP contribution in [0.25, 0.3) is 0 Å². The fourth-order valence-electron chi connectivity index (χ4n) is 2.74. The second-order valence-electron chi connectivity index (χ2n) is 5.98. The molecule has 0 bridgehead atoms. The number of hydrogen-bond donors (Lipinski definition) is 0. The fraction of sp³-hybridized carbons (Fsp3) is 0.200. The quantitative estimate of drug-likeness (QED) is 0.712. The highest BCUT2D eigenvalue weighted by Gasteiger charge is 2.11. The molecule has 5 heteroatoms. The molecule has 2 heterocycles. The van der Waals surface area contributed by atoms with Crippen molar-refractivity contribution in [3.63, 3.8) is 0 Å². The molecule has 0 aliphatic carbocycles. The Bertz CT molecular complexity index is 886. The van der Waals surface area contributed by atoms with Crippen molar-refractivity contribution in [1.82, 2.24) is 15.0 Å². The average Bonchev–Trinajstić information content (AvgIpc) is 2.63. The van der Waals surface area contributed by atoms with Crippen molar-refractivity contribution in [3.8, 4) is 6.07 Å². The second kappa shape index (κ2) is 7.63. The van der Waals surface area contributed by atoms with E-state index >= 15 is 0 Å². The monoisotopic (exact) mass is 332 g/mol. The molecule has 0 N–H and O–H groups in total. The number of nitriles is 1. The second-order valence-corrected chi connectivity index (χ2v) is 5.98. The Morgan fingerprint density at radius 3 is 2.52 bits per heavy atom. The molecule has 2 aromatic heterocycles. The largest absolute Gasteiger partial charge is 0.261 e. The van der Waals surface area contributed by atoms with Gasteiger partial charge in [-0.3, -0.25) is 15.0 Å². The zero-order chi connectivity index (χ0) is 17.6. The van der Waals surface area contributed by atoms with Crippen molar-refractivity contribution in [2.24, 2.45) is 0 Å². The van der Waals surface area contributed by atoms with Crippen molar-refractivity contribution in [3.05, 3.63) is 89.0 Å². The van der Waals surface area contributed by atoms with Crippen molar-refractivity contribution in [1.29, 1.82) is 5.26 Å². The Hall–Kier alpha value is -3.13. The van der Waals surface area contributed by atoms with Gasteiger partial charge in [0.15, 0.2) is 0 Å². The summed E-state index contributed by atoms with van der Waals surface area (Å²) in [4.78, 5) is 13.0. The minimum absolute atomic E-state index is 0.173. The molecule has 0 aliphatic heterocycles. The summed E-state index contributed by atoms with van der Waals surface area (Å²) in [5.74, 6) is -0.0711. The Kier molecular flexibility index (Phi) is 5.10. The molecule has 0 amide bonds. The molecule has 0 unspecified atom stereocenters. The van der Waals surface area contributed by atoms with E-state index in [1.165, 1.54) is 12.1 Å². The molecule has 0 spiro atoms. The van der Waals surface area contributed by atoms with Crippen LogP contribution in [-0.2, 0) is 12.8 Å². The molecule has 0 radical (unpaired) electrons. The van der Waals surface area contributed by atoms with E-state index < -0.39 is 0 Å². The first kappa shape index (κ1) is 16.7. The number of aromatic nitrogens is 3. The summed E-state index contributed by atoms with van der Waals surface area (Å²) in [6, 6.07) is 12.3. The molecular formula is C20H17FN4. The molecule has 25 heavy (non-hydrogen) atoms. The normalized spacial score (nSPS) is 11.7. The number of halogens is 1. The lowest BCUT2D eigenvalue weighted by Gasteiger charge is -2.13. The van der Waals surface area contributed by atoms with Crippen LogP contribution in [0.1, 0.15) is 41.1 Å². The summed E-state index contributed by atoms with van der Waals surface area (Å²) in [7, 11) is 0. The van der Waals surface area contributed by atoms with E-state index in [2.05, 4.69) is 27.9 Å². The Morgan fingerprint density at radius 1 is 1.08 bits per heavy atom. The van der Waals surface area contributed by atoms with Crippen molar-refractivity contribution in [2.45, 2.75) is 25.7 Å². The highest BCUT2D eigenvalue weighted by molar-refractivity contribution is 5.34. The maximum atomic E-state index is 13.1. The minimum Gasteiger partial charge on any atom is -0.261 e. The van der Waals surface area contributed by atoms with Gasteiger partial charge in [-0.05, 0) is 42.2 Å². The van der Waals surface area contributed by atoms with Gasteiger partial charge >= 0.3 is 0 Å². The predicted molar refractivity (Wildman–Crippen MR) is 92.3 cm³/mol. The van der Waals surface area contributed by atoms with Crippen molar-refractivity contribution >= 4 is 0 Å². The van der Waals surface area contributed by atoms with Crippen LogP contribution < -0.4 is 0 Å². The highest BCUT2D eigenvalue weighted by atomic mass is 19.1. The van der Waals surface area contributed by atoms with Gasteiger partial charge in [0.05, 0.1) is 17.3 Å². The van der Waals surface area contributed by atoms with Gasteiger partial charge in [-0.25, -0.2) is 4.39 Å². The molecule has 0 fully saturated rings.